The van der Waals surface area contributed by atoms with E-state index in [1.54, 1.807) is 6.92 Å². The van der Waals surface area contributed by atoms with Crippen LogP contribution in [0.1, 0.15) is 50.5 Å². The molecule has 1 fully saturated rings. The van der Waals surface area contributed by atoms with Crippen LogP contribution in [-0.4, -0.2) is 55.1 Å². The van der Waals surface area contributed by atoms with E-state index in [1.807, 2.05) is 6.92 Å². The first-order chi connectivity index (χ1) is 12.8. The number of nitrogens with zero attached hydrogens (tertiary/aromatic N) is 3. The van der Waals surface area contributed by atoms with E-state index in [1.165, 1.54) is 6.92 Å². The zero-order valence-corrected chi connectivity index (χ0v) is 16.0. The van der Waals surface area contributed by atoms with Crippen LogP contribution < -0.4 is 4.74 Å². The number of ether oxygens (including phenoxy) is 1. The topological polar surface area (TPSA) is 139 Å². The zero-order chi connectivity index (χ0) is 20.1. The van der Waals surface area contributed by atoms with Gasteiger partial charge in [-0.15, -0.1) is 0 Å². The first-order valence-electron chi connectivity index (χ1n) is 9.41. The fourth-order valence-electron chi connectivity index (χ4n) is 3.91. The van der Waals surface area contributed by atoms with E-state index in [9.17, 15) is 20.3 Å². The molecular weight excluding hydrogens is 354 g/mol. The smallest absolute Gasteiger partial charge is 0.351 e. The van der Waals surface area contributed by atoms with Crippen LogP contribution in [0.25, 0.3) is 0 Å². The molecule has 1 aromatic heterocycles. The third-order valence-corrected chi connectivity index (χ3v) is 5.20. The molecule has 1 saturated carbocycles. The molecule has 0 amide bonds. The monoisotopic (exact) mass is 383 g/mol. The van der Waals surface area contributed by atoms with Crippen molar-refractivity contribution < 1.29 is 25.0 Å². The molecule has 0 aliphatic heterocycles. The van der Waals surface area contributed by atoms with Gasteiger partial charge < -0.3 is 20.1 Å². The Morgan fingerprint density at radius 3 is 2.59 bits per heavy atom. The minimum atomic E-state index is -0.828. The summed E-state index contributed by atoms with van der Waals surface area (Å²) in [5.41, 5.74) is -0.0757. The van der Waals surface area contributed by atoms with Crippen LogP contribution in [0.4, 0.5) is 5.69 Å². The van der Waals surface area contributed by atoms with Crippen LogP contribution >= 0.6 is 0 Å². The van der Waals surface area contributed by atoms with Crippen LogP contribution in [0.5, 0.6) is 5.88 Å². The third kappa shape index (κ3) is 5.12. The number of aliphatic hydroxyl groups is 3. The second-order valence-electron chi connectivity index (χ2n) is 7.30. The summed E-state index contributed by atoms with van der Waals surface area (Å²) >= 11 is 0. The number of hydrogen-bond donors (Lipinski definition) is 3. The lowest BCUT2D eigenvalue weighted by Gasteiger charge is -2.24. The molecule has 0 aromatic carbocycles. The Morgan fingerprint density at radius 2 is 2.00 bits per heavy atom. The van der Waals surface area contributed by atoms with Gasteiger partial charge in [0.1, 0.15) is 17.6 Å². The SMILES string of the molecule is CCC[C@H]1CC(CCC(O)CO)[C@H](Oc2nc(C)nc(C)c2[N+](=O)[O-])[C@@H]1O. The van der Waals surface area contributed by atoms with Crippen LogP contribution in [0.15, 0.2) is 0 Å². The van der Waals surface area contributed by atoms with Crippen molar-refractivity contribution in [2.24, 2.45) is 11.8 Å². The van der Waals surface area contributed by atoms with Gasteiger partial charge in [0.2, 0.25) is 0 Å². The first-order valence-corrected chi connectivity index (χ1v) is 9.41. The average molecular weight is 383 g/mol. The Kier molecular flexibility index (Phi) is 7.46. The maximum Gasteiger partial charge on any atom is 0.351 e. The molecule has 27 heavy (non-hydrogen) atoms. The molecule has 1 heterocycles. The van der Waals surface area contributed by atoms with Crippen LogP contribution in [0.2, 0.25) is 0 Å². The largest absolute Gasteiger partial charge is 0.466 e. The molecule has 9 heteroatoms. The minimum Gasteiger partial charge on any atom is -0.466 e. The maximum atomic E-state index is 11.4. The third-order valence-electron chi connectivity index (χ3n) is 5.20. The molecule has 1 aromatic rings. The summed E-state index contributed by atoms with van der Waals surface area (Å²) in [7, 11) is 0. The predicted octanol–water partition coefficient (Wildman–Crippen LogP) is 1.68. The summed E-state index contributed by atoms with van der Waals surface area (Å²) in [6.45, 7) is 4.87. The summed E-state index contributed by atoms with van der Waals surface area (Å²) in [5, 5.41) is 40.9. The Labute approximate surface area is 158 Å². The molecule has 0 radical (unpaired) electrons. The van der Waals surface area contributed by atoms with E-state index in [4.69, 9.17) is 9.84 Å². The summed E-state index contributed by atoms with van der Waals surface area (Å²) < 4.78 is 5.91. The van der Waals surface area contributed by atoms with Crippen molar-refractivity contribution in [2.75, 3.05) is 6.61 Å². The molecule has 152 valence electrons. The highest BCUT2D eigenvalue weighted by atomic mass is 16.6. The van der Waals surface area contributed by atoms with E-state index < -0.39 is 23.2 Å². The van der Waals surface area contributed by atoms with Crippen LogP contribution in [0, 0.1) is 35.8 Å². The zero-order valence-electron chi connectivity index (χ0n) is 16.0. The lowest BCUT2D eigenvalue weighted by molar-refractivity contribution is -0.387. The Balaban J connectivity index is 2.28. The molecule has 0 saturated heterocycles. The standard InChI is InChI=1S/C18H29N3O6/c1-4-5-12-8-13(6-7-14(23)9-22)17(16(12)24)27-18-15(21(25)26)10(2)19-11(3)20-18/h12-14,16-17,22-24H,4-9H2,1-3H3/t12-,13?,14?,16+,17-/m0/s1. The lowest BCUT2D eigenvalue weighted by Crippen LogP contribution is -2.35. The van der Waals surface area contributed by atoms with Crippen molar-refractivity contribution in [1.29, 1.82) is 0 Å². The highest BCUT2D eigenvalue weighted by Crippen LogP contribution is 2.41. The van der Waals surface area contributed by atoms with Gasteiger partial charge in [0.25, 0.3) is 5.88 Å². The van der Waals surface area contributed by atoms with Gasteiger partial charge in [-0.1, -0.05) is 13.3 Å². The van der Waals surface area contributed by atoms with Gasteiger partial charge in [0.05, 0.1) is 23.7 Å². The molecule has 9 nitrogen and oxygen atoms in total. The summed E-state index contributed by atoms with van der Waals surface area (Å²) in [6.07, 6.45) is 1.10. The second-order valence-corrected chi connectivity index (χ2v) is 7.30. The van der Waals surface area contributed by atoms with Crippen molar-refractivity contribution >= 4 is 5.69 Å². The quantitative estimate of drug-likeness (QED) is 0.432. The van der Waals surface area contributed by atoms with E-state index in [0.717, 1.165) is 12.8 Å². The Hall–Kier alpha value is -1.84. The van der Waals surface area contributed by atoms with Crippen molar-refractivity contribution in [3.05, 3.63) is 21.6 Å². The summed E-state index contributed by atoms with van der Waals surface area (Å²) in [6, 6.07) is 0. The van der Waals surface area contributed by atoms with Gasteiger partial charge in [-0.2, -0.15) is 4.98 Å². The van der Waals surface area contributed by atoms with E-state index >= 15 is 0 Å². The molecule has 2 rings (SSSR count). The predicted molar refractivity (Wildman–Crippen MR) is 97.4 cm³/mol. The van der Waals surface area contributed by atoms with Gasteiger partial charge in [-0.05, 0) is 51.4 Å². The van der Waals surface area contributed by atoms with Crippen LogP contribution in [-0.2, 0) is 0 Å². The second kappa shape index (κ2) is 9.38. The lowest BCUT2D eigenvalue weighted by atomic mass is 9.95. The number of rotatable bonds is 9. The minimum absolute atomic E-state index is 0.0272. The summed E-state index contributed by atoms with van der Waals surface area (Å²) in [5.74, 6) is 0.171. The highest BCUT2D eigenvalue weighted by Gasteiger charge is 2.44. The van der Waals surface area contributed by atoms with Crippen LogP contribution in [0.3, 0.4) is 0 Å². The van der Waals surface area contributed by atoms with E-state index in [2.05, 4.69) is 9.97 Å². The molecule has 0 bridgehead atoms. The fraction of sp³-hybridized carbons (Fsp3) is 0.778. The molecule has 5 atom stereocenters. The van der Waals surface area contributed by atoms with Gasteiger partial charge in [0.15, 0.2) is 0 Å². The van der Waals surface area contributed by atoms with Gasteiger partial charge >= 0.3 is 5.69 Å². The van der Waals surface area contributed by atoms with Crippen molar-refractivity contribution in [2.45, 2.75) is 71.2 Å². The van der Waals surface area contributed by atoms with Crippen molar-refractivity contribution in [1.82, 2.24) is 9.97 Å². The molecule has 1 aliphatic rings. The average Bonchev–Trinajstić information content (AvgIpc) is 2.88. The highest BCUT2D eigenvalue weighted by molar-refractivity contribution is 5.45. The van der Waals surface area contributed by atoms with Gasteiger partial charge in [-0.25, -0.2) is 4.98 Å². The number of aryl methyl sites for hydroxylation is 2. The van der Waals surface area contributed by atoms with Crippen molar-refractivity contribution in [3.8, 4) is 5.88 Å². The number of aliphatic hydroxyl groups excluding tert-OH is 3. The molecule has 2 unspecified atom stereocenters. The van der Waals surface area contributed by atoms with E-state index in [-0.39, 0.29) is 35.7 Å². The van der Waals surface area contributed by atoms with E-state index in [0.29, 0.717) is 25.1 Å². The normalized spacial score (nSPS) is 26.1. The summed E-state index contributed by atoms with van der Waals surface area (Å²) in [4.78, 5) is 19.0. The Morgan fingerprint density at radius 1 is 1.30 bits per heavy atom. The molecule has 0 spiro atoms. The van der Waals surface area contributed by atoms with Crippen molar-refractivity contribution in [3.63, 3.8) is 0 Å². The molecule has 3 N–H and O–H groups in total. The number of aromatic nitrogens is 2. The fourth-order valence-corrected chi connectivity index (χ4v) is 3.91. The molecular formula is C18H29N3O6. The van der Waals surface area contributed by atoms with Gasteiger partial charge in [-0.3, -0.25) is 10.1 Å². The van der Waals surface area contributed by atoms with Gasteiger partial charge in [0, 0.05) is 0 Å². The first kappa shape index (κ1) is 21.5. The number of nitro groups is 1. The molecule has 1 aliphatic carbocycles. The maximum absolute atomic E-state index is 11.4. The number of hydrogen-bond acceptors (Lipinski definition) is 8. The Bertz CT molecular complexity index is 656.